The van der Waals surface area contributed by atoms with Gasteiger partial charge in [0.1, 0.15) is 12.4 Å². The van der Waals surface area contributed by atoms with Crippen molar-refractivity contribution in [2.24, 2.45) is 5.41 Å². The Morgan fingerprint density at radius 2 is 2.07 bits per heavy atom. The highest BCUT2D eigenvalue weighted by molar-refractivity contribution is 5.83. The quantitative estimate of drug-likeness (QED) is 0.793. The number of halogens is 3. The van der Waals surface area contributed by atoms with Crippen LogP contribution in [-0.2, 0) is 22.3 Å². The van der Waals surface area contributed by atoms with Crippen molar-refractivity contribution in [3.8, 4) is 17.1 Å². The molecule has 2 aliphatic heterocycles. The fourth-order valence-electron chi connectivity index (χ4n) is 3.05. The Bertz CT molecular complexity index is 877. The lowest BCUT2D eigenvalue weighted by Crippen LogP contribution is -2.53. The Hall–Kier alpha value is -2.62. The van der Waals surface area contributed by atoms with E-state index in [1.165, 1.54) is 0 Å². The first-order valence-electron chi connectivity index (χ1n) is 8.30. The summed E-state index contributed by atoms with van der Waals surface area (Å²) >= 11 is 0. The van der Waals surface area contributed by atoms with Crippen LogP contribution in [0, 0.1) is 5.41 Å². The molecule has 2 aliphatic rings. The van der Waals surface area contributed by atoms with Crippen molar-refractivity contribution < 1.29 is 32.0 Å². The van der Waals surface area contributed by atoms with E-state index < -0.39 is 17.5 Å². The van der Waals surface area contributed by atoms with Gasteiger partial charge in [-0.1, -0.05) is 17.3 Å². The zero-order chi connectivity index (χ0) is 19.2. The van der Waals surface area contributed by atoms with E-state index in [2.05, 4.69) is 14.7 Å². The first-order chi connectivity index (χ1) is 12.8. The fraction of sp³-hybridized carbons (Fsp3) is 0.471. The number of benzene rings is 1. The zero-order valence-corrected chi connectivity index (χ0v) is 14.4. The van der Waals surface area contributed by atoms with Crippen LogP contribution in [0.3, 0.4) is 0 Å². The third-order valence-electron chi connectivity index (χ3n) is 4.62. The number of fused-ring (bicyclic) bond motifs is 1. The number of hydrogen-bond acceptors (Lipinski definition) is 6. The van der Waals surface area contributed by atoms with Crippen LogP contribution in [0.15, 0.2) is 22.7 Å². The number of amides is 1. The summed E-state index contributed by atoms with van der Waals surface area (Å²) in [4.78, 5) is 17.8. The van der Waals surface area contributed by atoms with Gasteiger partial charge in [-0.15, -0.1) is 0 Å². The average Bonchev–Trinajstić information content (AvgIpc) is 3.00. The van der Waals surface area contributed by atoms with Crippen LogP contribution in [0.4, 0.5) is 13.2 Å². The van der Waals surface area contributed by atoms with Crippen molar-refractivity contribution >= 4 is 5.91 Å². The summed E-state index contributed by atoms with van der Waals surface area (Å²) in [6.07, 6.45) is -4.70. The predicted molar refractivity (Wildman–Crippen MR) is 84.6 cm³/mol. The summed E-state index contributed by atoms with van der Waals surface area (Å²) in [6.45, 7) is 3.70. The largest absolute Gasteiger partial charge is 0.491 e. The number of hydrogen-bond donors (Lipinski definition) is 0. The number of carbonyl (C=O) groups is 1. The van der Waals surface area contributed by atoms with Gasteiger partial charge in [0.25, 0.3) is 0 Å². The minimum atomic E-state index is -4.70. The molecule has 1 aromatic heterocycles. The third kappa shape index (κ3) is 3.25. The van der Waals surface area contributed by atoms with Gasteiger partial charge in [0, 0.05) is 17.7 Å². The fourth-order valence-corrected chi connectivity index (χ4v) is 3.05. The van der Waals surface area contributed by atoms with Crippen molar-refractivity contribution in [1.82, 2.24) is 15.0 Å². The zero-order valence-electron chi connectivity index (χ0n) is 14.4. The van der Waals surface area contributed by atoms with Crippen molar-refractivity contribution in [3.05, 3.63) is 29.7 Å². The van der Waals surface area contributed by atoms with Crippen molar-refractivity contribution in [2.45, 2.75) is 19.6 Å². The molecule has 7 nitrogen and oxygen atoms in total. The standard InChI is InChI=1S/C17H16F3N3O4/c1-16(8-25-9-16)15(24)23-4-5-26-12-6-10(2-3-11(12)7-23)13-21-14(27-22-13)17(18,19)20/h2-3,6H,4-5,7-9H2,1H3. The Balaban J connectivity index is 1.57. The minimum Gasteiger partial charge on any atom is -0.491 e. The molecule has 2 aromatic rings. The maximum absolute atomic E-state index is 12.7. The lowest BCUT2D eigenvalue weighted by molar-refractivity contribution is -0.169. The molecule has 1 aromatic carbocycles. The molecule has 3 heterocycles. The molecule has 27 heavy (non-hydrogen) atoms. The molecule has 0 bridgehead atoms. The van der Waals surface area contributed by atoms with Gasteiger partial charge in [-0.3, -0.25) is 4.79 Å². The number of nitrogens with zero attached hydrogens (tertiary/aromatic N) is 3. The van der Waals surface area contributed by atoms with E-state index in [1.807, 2.05) is 6.92 Å². The van der Waals surface area contributed by atoms with E-state index in [0.29, 0.717) is 37.6 Å². The van der Waals surface area contributed by atoms with Gasteiger partial charge in [-0.2, -0.15) is 18.2 Å². The first-order valence-corrected chi connectivity index (χ1v) is 8.30. The summed E-state index contributed by atoms with van der Waals surface area (Å²) in [5, 5.41) is 3.38. The first kappa shape index (κ1) is 17.8. The molecule has 1 saturated heterocycles. The molecule has 0 atom stereocenters. The van der Waals surface area contributed by atoms with E-state index in [0.717, 1.165) is 5.56 Å². The van der Waals surface area contributed by atoms with Gasteiger partial charge >= 0.3 is 12.1 Å². The van der Waals surface area contributed by atoms with Crippen LogP contribution in [0.5, 0.6) is 5.75 Å². The SMILES string of the molecule is CC1(C(=O)N2CCOc3cc(-c4noc(C(F)(F)F)n4)ccc3C2)COC1. The number of rotatable bonds is 2. The Morgan fingerprint density at radius 3 is 2.70 bits per heavy atom. The summed E-state index contributed by atoms with van der Waals surface area (Å²) in [5.74, 6) is -1.09. The molecule has 4 rings (SSSR count). The summed E-state index contributed by atoms with van der Waals surface area (Å²) < 4.78 is 53.0. The van der Waals surface area contributed by atoms with Crippen LogP contribution >= 0.6 is 0 Å². The van der Waals surface area contributed by atoms with Gasteiger partial charge in [0.15, 0.2) is 0 Å². The van der Waals surface area contributed by atoms with Crippen LogP contribution < -0.4 is 4.74 Å². The maximum atomic E-state index is 12.7. The van der Waals surface area contributed by atoms with Gasteiger partial charge in [-0.05, 0) is 13.0 Å². The van der Waals surface area contributed by atoms with Crippen LogP contribution in [0.25, 0.3) is 11.4 Å². The lowest BCUT2D eigenvalue weighted by Gasteiger charge is -2.39. The second-order valence-corrected chi connectivity index (χ2v) is 6.87. The molecular weight excluding hydrogens is 367 g/mol. The van der Waals surface area contributed by atoms with Gasteiger partial charge in [0.2, 0.25) is 11.7 Å². The number of ether oxygens (including phenoxy) is 2. The summed E-state index contributed by atoms with van der Waals surface area (Å²) in [7, 11) is 0. The smallest absolute Gasteiger partial charge is 0.471 e. The van der Waals surface area contributed by atoms with Gasteiger partial charge < -0.3 is 18.9 Å². The predicted octanol–water partition coefficient (Wildman–Crippen LogP) is 2.51. The molecule has 10 heteroatoms. The van der Waals surface area contributed by atoms with Crippen molar-refractivity contribution in [1.29, 1.82) is 0 Å². The maximum Gasteiger partial charge on any atom is 0.471 e. The Morgan fingerprint density at radius 1 is 1.30 bits per heavy atom. The molecule has 1 fully saturated rings. The summed E-state index contributed by atoms with van der Waals surface area (Å²) in [6, 6.07) is 4.83. The van der Waals surface area contributed by atoms with Crippen LogP contribution in [-0.4, -0.2) is 47.3 Å². The molecule has 0 N–H and O–H groups in total. The minimum absolute atomic E-state index is 0.00210. The van der Waals surface area contributed by atoms with E-state index in [1.54, 1.807) is 23.1 Å². The topological polar surface area (TPSA) is 77.7 Å². The number of alkyl halides is 3. The average molecular weight is 383 g/mol. The summed E-state index contributed by atoms with van der Waals surface area (Å²) in [5.41, 5.74) is 0.586. The van der Waals surface area contributed by atoms with Crippen molar-refractivity contribution in [2.75, 3.05) is 26.4 Å². The second kappa shape index (κ2) is 6.22. The highest BCUT2D eigenvalue weighted by Gasteiger charge is 2.44. The third-order valence-corrected chi connectivity index (χ3v) is 4.62. The molecule has 0 aliphatic carbocycles. The molecule has 0 unspecified atom stereocenters. The number of carbonyl (C=O) groups excluding carboxylic acids is 1. The Labute approximate surface area is 152 Å². The highest BCUT2D eigenvalue weighted by Crippen LogP contribution is 2.34. The van der Waals surface area contributed by atoms with E-state index >= 15 is 0 Å². The van der Waals surface area contributed by atoms with E-state index in [4.69, 9.17) is 9.47 Å². The molecule has 0 saturated carbocycles. The van der Waals surface area contributed by atoms with Crippen LogP contribution in [0.1, 0.15) is 18.4 Å². The highest BCUT2D eigenvalue weighted by atomic mass is 19.4. The molecule has 0 spiro atoms. The van der Waals surface area contributed by atoms with Gasteiger partial charge in [-0.25, -0.2) is 0 Å². The van der Waals surface area contributed by atoms with E-state index in [-0.39, 0.29) is 18.3 Å². The van der Waals surface area contributed by atoms with Gasteiger partial charge in [0.05, 0.1) is 25.2 Å². The molecular formula is C17H16F3N3O4. The van der Waals surface area contributed by atoms with E-state index in [9.17, 15) is 18.0 Å². The number of aromatic nitrogens is 2. The van der Waals surface area contributed by atoms with Crippen molar-refractivity contribution in [3.63, 3.8) is 0 Å². The monoisotopic (exact) mass is 383 g/mol. The lowest BCUT2D eigenvalue weighted by atomic mass is 9.87. The normalized spacial score (nSPS) is 18.9. The second-order valence-electron chi connectivity index (χ2n) is 6.87. The molecule has 144 valence electrons. The molecule has 1 amide bonds. The molecule has 0 radical (unpaired) electrons. The Kier molecular flexibility index (Phi) is 4.10. The van der Waals surface area contributed by atoms with Crippen LogP contribution in [0.2, 0.25) is 0 Å².